The molecule has 0 bridgehead atoms. The van der Waals surface area contributed by atoms with Crippen molar-refractivity contribution in [2.24, 2.45) is 0 Å². The number of nitriles is 1. The Bertz CT molecular complexity index is 1090. The van der Waals surface area contributed by atoms with Crippen LogP contribution < -0.4 is 5.32 Å². The minimum absolute atomic E-state index is 0.255. The zero-order valence-electron chi connectivity index (χ0n) is 16.1. The highest BCUT2D eigenvalue weighted by Crippen LogP contribution is 2.37. The van der Waals surface area contributed by atoms with Gasteiger partial charge in [-0.1, -0.05) is 18.2 Å². The standard InChI is InChI=1S/C21H19N5O3S/c22-12-17-16-6-8-26(21(28)29-11-10-25-9-7-23-14-25)13-18(16)30-20(17)24-19(27)15-4-2-1-3-5-15/h1-5,7,9,14H,6,8,10-11,13H2,(H,24,27). The summed E-state index contributed by atoms with van der Waals surface area (Å²) in [5.74, 6) is -0.263. The number of carbonyl (C=O) groups is 2. The number of hydrogen-bond donors (Lipinski definition) is 1. The van der Waals surface area contributed by atoms with Crippen LogP contribution in [0.2, 0.25) is 0 Å². The minimum Gasteiger partial charge on any atom is -0.448 e. The van der Waals surface area contributed by atoms with Gasteiger partial charge in [-0.05, 0) is 24.1 Å². The first-order valence-electron chi connectivity index (χ1n) is 9.44. The van der Waals surface area contributed by atoms with Crippen LogP contribution in [0.25, 0.3) is 0 Å². The third kappa shape index (κ3) is 4.18. The summed E-state index contributed by atoms with van der Waals surface area (Å²) in [6.07, 6.45) is 5.31. The molecule has 0 atom stereocenters. The first-order valence-corrected chi connectivity index (χ1v) is 10.3. The van der Waals surface area contributed by atoms with Gasteiger partial charge in [0.2, 0.25) is 0 Å². The average molecular weight is 421 g/mol. The van der Waals surface area contributed by atoms with Crippen LogP contribution in [0, 0.1) is 11.3 Å². The fourth-order valence-electron chi connectivity index (χ4n) is 3.28. The third-order valence-corrected chi connectivity index (χ3v) is 5.96. The van der Waals surface area contributed by atoms with Crippen LogP contribution in [0.15, 0.2) is 49.1 Å². The van der Waals surface area contributed by atoms with Crippen LogP contribution in [-0.2, 0) is 24.2 Å². The summed E-state index contributed by atoms with van der Waals surface area (Å²) < 4.78 is 7.20. The van der Waals surface area contributed by atoms with Crippen LogP contribution in [0.1, 0.15) is 26.4 Å². The molecule has 3 aromatic rings. The number of anilines is 1. The fraction of sp³-hybridized carbons (Fsp3) is 0.238. The smallest absolute Gasteiger partial charge is 0.410 e. The number of benzene rings is 1. The summed E-state index contributed by atoms with van der Waals surface area (Å²) in [5.41, 5.74) is 1.90. The summed E-state index contributed by atoms with van der Waals surface area (Å²) in [6, 6.07) is 11.1. The lowest BCUT2D eigenvalue weighted by Gasteiger charge is -2.26. The van der Waals surface area contributed by atoms with E-state index in [4.69, 9.17) is 4.74 Å². The Morgan fingerprint density at radius 2 is 2.13 bits per heavy atom. The summed E-state index contributed by atoms with van der Waals surface area (Å²) in [5, 5.41) is 13.0. The van der Waals surface area contributed by atoms with E-state index in [2.05, 4.69) is 16.4 Å². The summed E-state index contributed by atoms with van der Waals surface area (Å²) in [7, 11) is 0. The van der Waals surface area contributed by atoms with Crippen molar-refractivity contribution >= 4 is 28.3 Å². The average Bonchev–Trinajstić information content (AvgIpc) is 3.40. The van der Waals surface area contributed by atoms with Gasteiger partial charge in [-0.15, -0.1) is 11.3 Å². The van der Waals surface area contributed by atoms with E-state index in [0.29, 0.717) is 42.2 Å². The predicted octanol–water partition coefficient (Wildman–Crippen LogP) is 3.26. The Morgan fingerprint density at radius 3 is 2.87 bits per heavy atom. The van der Waals surface area contributed by atoms with Crippen LogP contribution >= 0.6 is 11.3 Å². The molecule has 2 aromatic heterocycles. The van der Waals surface area contributed by atoms with E-state index in [1.54, 1.807) is 47.9 Å². The van der Waals surface area contributed by atoms with Gasteiger partial charge in [0.25, 0.3) is 5.91 Å². The summed E-state index contributed by atoms with van der Waals surface area (Å²) in [4.78, 5) is 31.4. The van der Waals surface area contributed by atoms with Crippen molar-refractivity contribution in [2.75, 3.05) is 18.5 Å². The molecular weight excluding hydrogens is 402 g/mol. The number of thiophene rings is 1. The first kappa shape index (κ1) is 19.7. The first-order chi connectivity index (χ1) is 14.7. The van der Waals surface area contributed by atoms with E-state index in [1.807, 2.05) is 10.6 Å². The fourth-order valence-corrected chi connectivity index (χ4v) is 4.49. The SMILES string of the molecule is N#Cc1c(NC(=O)c2ccccc2)sc2c1CCN(C(=O)OCCn1ccnc1)C2. The van der Waals surface area contributed by atoms with E-state index in [9.17, 15) is 14.9 Å². The molecule has 0 spiro atoms. The van der Waals surface area contributed by atoms with Crippen molar-refractivity contribution in [1.29, 1.82) is 5.26 Å². The molecule has 0 saturated carbocycles. The van der Waals surface area contributed by atoms with Gasteiger partial charge in [-0.25, -0.2) is 9.78 Å². The number of nitrogens with zero attached hydrogens (tertiary/aromatic N) is 4. The van der Waals surface area contributed by atoms with Crippen molar-refractivity contribution in [3.05, 3.63) is 70.6 Å². The van der Waals surface area contributed by atoms with Crippen LogP contribution in [0.4, 0.5) is 9.80 Å². The second-order valence-corrected chi connectivity index (χ2v) is 7.83. The minimum atomic E-state index is -0.387. The molecule has 1 aliphatic rings. The Morgan fingerprint density at radius 1 is 1.30 bits per heavy atom. The molecule has 0 fully saturated rings. The van der Waals surface area contributed by atoms with Crippen LogP contribution in [0.5, 0.6) is 0 Å². The van der Waals surface area contributed by atoms with Gasteiger partial charge in [0.15, 0.2) is 0 Å². The topological polar surface area (TPSA) is 100 Å². The van der Waals surface area contributed by atoms with E-state index >= 15 is 0 Å². The number of amides is 2. The maximum atomic E-state index is 12.5. The zero-order valence-corrected chi connectivity index (χ0v) is 16.9. The lowest BCUT2D eigenvalue weighted by Crippen LogP contribution is -2.36. The Kier molecular flexibility index (Phi) is 5.77. The quantitative estimate of drug-likeness (QED) is 0.682. The molecular formula is C21H19N5O3S. The molecule has 0 saturated heterocycles. The Labute approximate surface area is 177 Å². The van der Waals surface area contributed by atoms with Gasteiger partial charge in [0.05, 0.1) is 25.0 Å². The second kappa shape index (κ2) is 8.80. The maximum Gasteiger partial charge on any atom is 0.410 e. The molecule has 152 valence electrons. The molecule has 30 heavy (non-hydrogen) atoms. The van der Waals surface area contributed by atoms with Crippen molar-refractivity contribution in [3.8, 4) is 6.07 Å². The molecule has 9 heteroatoms. The van der Waals surface area contributed by atoms with Gasteiger partial charge in [-0.2, -0.15) is 5.26 Å². The number of aromatic nitrogens is 2. The van der Waals surface area contributed by atoms with Crippen LogP contribution in [0.3, 0.4) is 0 Å². The molecule has 8 nitrogen and oxygen atoms in total. The Balaban J connectivity index is 1.41. The maximum absolute atomic E-state index is 12.5. The summed E-state index contributed by atoms with van der Waals surface area (Å²) >= 11 is 1.34. The van der Waals surface area contributed by atoms with E-state index < -0.39 is 0 Å². The third-order valence-electron chi connectivity index (χ3n) is 4.82. The molecule has 1 aromatic carbocycles. The van der Waals surface area contributed by atoms with Gasteiger partial charge in [0.1, 0.15) is 17.7 Å². The van der Waals surface area contributed by atoms with Crippen molar-refractivity contribution in [1.82, 2.24) is 14.5 Å². The highest BCUT2D eigenvalue weighted by atomic mass is 32.1. The van der Waals surface area contributed by atoms with E-state index in [-0.39, 0.29) is 18.6 Å². The normalized spacial score (nSPS) is 12.7. The molecule has 2 amide bonds. The number of hydrogen-bond acceptors (Lipinski definition) is 6. The largest absolute Gasteiger partial charge is 0.448 e. The molecule has 0 unspecified atom stereocenters. The molecule has 1 N–H and O–H groups in total. The highest BCUT2D eigenvalue weighted by molar-refractivity contribution is 7.16. The van der Waals surface area contributed by atoms with Crippen molar-refractivity contribution in [3.63, 3.8) is 0 Å². The number of imidazole rings is 1. The number of rotatable bonds is 5. The number of fused-ring (bicyclic) bond motifs is 1. The molecule has 0 aliphatic carbocycles. The lowest BCUT2D eigenvalue weighted by molar-refractivity contribution is 0.0951. The second-order valence-electron chi connectivity index (χ2n) is 6.73. The number of nitrogens with one attached hydrogen (secondary N) is 1. The zero-order chi connectivity index (χ0) is 20.9. The van der Waals surface area contributed by atoms with Gasteiger partial charge < -0.3 is 19.5 Å². The summed E-state index contributed by atoms with van der Waals surface area (Å²) in [6.45, 7) is 1.62. The Hall–Kier alpha value is -3.64. The van der Waals surface area contributed by atoms with E-state index in [0.717, 1.165) is 10.4 Å². The highest BCUT2D eigenvalue weighted by Gasteiger charge is 2.28. The van der Waals surface area contributed by atoms with Crippen molar-refractivity contribution in [2.45, 2.75) is 19.5 Å². The van der Waals surface area contributed by atoms with Gasteiger partial charge in [0, 0.05) is 29.4 Å². The molecule has 3 heterocycles. The molecule has 4 rings (SSSR count). The van der Waals surface area contributed by atoms with Crippen molar-refractivity contribution < 1.29 is 14.3 Å². The predicted molar refractivity (Wildman–Crippen MR) is 111 cm³/mol. The number of carbonyl (C=O) groups excluding carboxylic acids is 2. The molecule has 1 aliphatic heterocycles. The van der Waals surface area contributed by atoms with E-state index in [1.165, 1.54) is 11.3 Å². The van der Waals surface area contributed by atoms with Gasteiger partial charge >= 0.3 is 6.09 Å². The number of ether oxygens (including phenoxy) is 1. The monoisotopic (exact) mass is 421 g/mol. The van der Waals surface area contributed by atoms with Crippen LogP contribution in [-0.4, -0.2) is 39.6 Å². The molecule has 0 radical (unpaired) electrons. The lowest BCUT2D eigenvalue weighted by atomic mass is 10.0. The van der Waals surface area contributed by atoms with Gasteiger partial charge in [-0.3, -0.25) is 4.79 Å².